The molecule has 1 saturated heterocycles. The van der Waals surface area contributed by atoms with Crippen LogP contribution in [0.1, 0.15) is 42.0 Å². The molecule has 7 nitrogen and oxygen atoms in total. The third-order valence-electron chi connectivity index (χ3n) is 4.19. The van der Waals surface area contributed by atoms with Gasteiger partial charge < -0.3 is 14.5 Å². The Balaban J connectivity index is 1.74. The number of piperidine rings is 1. The molecular formula is C15H18N4O3. The van der Waals surface area contributed by atoms with E-state index < -0.39 is 5.97 Å². The minimum Gasteiger partial charge on any atom is -0.477 e. The second-order valence-corrected chi connectivity index (χ2v) is 5.88. The van der Waals surface area contributed by atoms with Gasteiger partial charge in [0.25, 0.3) is 0 Å². The van der Waals surface area contributed by atoms with Gasteiger partial charge in [-0.2, -0.15) is 4.98 Å². The number of anilines is 1. The van der Waals surface area contributed by atoms with E-state index in [9.17, 15) is 4.79 Å². The molecule has 1 aliphatic rings. The molecule has 1 fully saturated rings. The Labute approximate surface area is 128 Å². The van der Waals surface area contributed by atoms with Crippen LogP contribution in [0.15, 0.2) is 22.7 Å². The first kappa shape index (κ1) is 14.5. The number of carboxylic acids is 1. The molecule has 7 heteroatoms. The highest BCUT2D eigenvalue weighted by Crippen LogP contribution is 2.35. The maximum atomic E-state index is 11.0. The van der Waals surface area contributed by atoms with Crippen molar-refractivity contribution in [2.24, 2.45) is 0 Å². The molecule has 116 valence electrons. The van der Waals surface area contributed by atoms with Crippen LogP contribution in [0.2, 0.25) is 0 Å². The van der Waals surface area contributed by atoms with Gasteiger partial charge in [-0.3, -0.25) is 0 Å². The van der Waals surface area contributed by atoms with Crippen LogP contribution in [-0.4, -0.2) is 39.3 Å². The maximum absolute atomic E-state index is 11.0. The predicted octanol–water partition coefficient (Wildman–Crippen LogP) is 2.03. The van der Waals surface area contributed by atoms with Crippen molar-refractivity contribution in [1.82, 2.24) is 15.1 Å². The van der Waals surface area contributed by atoms with Crippen molar-refractivity contribution in [3.05, 3.63) is 35.6 Å². The van der Waals surface area contributed by atoms with Gasteiger partial charge in [-0.05, 0) is 31.9 Å². The molecule has 2 aromatic heterocycles. The summed E-state index contributed by atoms with van der Waals surface area (Å²) in [4.78, 5) is 21.7. The highest BCUT2D eigenvalue weighted by molar-refractivity contribution is 5.85. The maximum Gasteiger partial charge on any atom is 0.354 e. The second-order valence-electron chi connectivity index (χ2n) is 5.88. The Morgan fingerprint density at radius 2 is 2.05 bits per heavy atom. The van der Waals surface area contributed by atoms with Crippen LogP contribution < -0.4 is 4.90 Å². The lowest BCUT2D eigenvalue weighted by Crippen LogP contribution is -2.41. The zero-order valence-electron chi connectivity index (χ0n) is 12.6. The summed E-state index contributed by atoms with van der Waals surface area (Å²) in [5, 5.41) is 12.9. The molecule has 3 rings (SSSR count). The van der Waals surface area contributed by atoms with E-state index in [0.717, 1.165) is 25.9 Å². The summed E-state index contributed by atoms with van der Waals surface area (Å²) in [5.41, 5.74) is -0.0688. The number of aryl methyl sites for hydroxylation is 1. The van der Waals surface area contributed by atoms with Gasteiger partial charge in [0, 0.05) is 13.1 Å². The number of hydrogen-bond donors (Lipinski definition) is 1. The molecule has 0 spiro atoms. The lowest BCUT2D eigenvalue weighted by atomic mass is 9.80. The molecule has 3 heterocycles. The van der Waals surface area contributed by atoms with Gasteiger partial charge in [-0.1, -0.05) is 18.1 Å². The van der Waals surface area contributed by atoms with Crippen LogP contribution in [0.3, 0.4) is 0 Å². The molecule has 0 radical (unpaired) electrons. The molecule has 0 amide bonds. The zero-order chi connectivity index (χ0) is 15.7. The van der Waals surface area contributed by atoms with E-state index in [1.54, 1.807) is 6.07 Å². The number of pyridine rings is 1. The monoisotopic (exact) mass is 302 g/mol. The van der Waals surface area contributed by atoms with Gasteiger partial charge in [-0.25, -0.2) is 9.78 Å². The summed E-state index contributed by atoms with van der Waals surface area (Å²) in [6.45, 7) is 5.48. The zero-order valence-corrected chi connectivity index (χ0v) is 12.6. The Morgan fingerprint density at radius 3 is 2.64 bits per heavy atom. The van der Waals surface area contributed by atoms with E-state index in [0.29, 0.717) is 17.5 Å². The number of aromatic carboxylic acids is 1. The van der Waals surface area contributed by atoms with E-state index in [-0.39, 0.29) is 11.1 Å². The predicted molar refractivity (Wildman–Crippen MR) is 79.0 cm³/mol. The average molecular weight is 302 g/mol. The number of carboxylic acid groups (broad SMARTS) is 1. The topological polar surface area (TPSA) is 92.4 Å². The fourth-order valence-electron chi connectivity index (χ4n) is 2.70. The van der Waals surface area contributed by atoms with Crippen molar-refractivity contribution in [3.8, 4) is 0 Å². The summed E-state index contributed by atoms with van der Waals surface area (Å²) >= 11 is 0. The van der Waals surface area contributed by atoms with Crippen LogP contribution in [0.25, 0.3) is 0 Å². The van der Waals surface area contributed by atoms with Gasteiger partial charge in [0.05, 0.1) is 5.41 Å². The third kappa shape index (κ3) is 2.66. The van der Waals surface area contributed by atoms with E-state index in [1.807, 2.05) is 13.0 Å². The summed E-state index contributed by atoms with van der Waals surface area (Å²) < 4.78 is 5.33. The first-order valence-corrected chi connectivity index (χ1v) is 7.24. The van der Waals surface area contributed by atoms with Gasteiger partial charge in [0.2, 0.25) is 5.89 Å². The van der Waals surface area contributed by atoms with Crippen LogP contribution >= 0.6 is 0 Å². The van der Waals surface area contributed by atoms with Crippen molar-refractivity contribution in [2.75, 3.05) is 18.0 Å². The molecule has 2 aromatic rings. The first-order chi connectivity index (χ1) is 10.5. The fraction of sp³-hybridized carbons (Fsp3) is 0.467. The number of hydrogen-bond acceptors (Lipinski definition) is 6. The Kier molecular flexibility index (Phi) is 3.56. The number of rotatable bonds is 3. The van der Waals surface area contributed by atoms with Gasteiger partial charge in [0.1, 0.15) is 5.82 Å². The summed E-state index contributed by atoms with van der Waals surface area (Å²) in [6.07, 6.45) is 1.71. The van der Waals surface area contributed by atoms with Gasteiger partial charge in [0.15, 0.2) is 11.5 Å². The Bertz CT molecular complexity index is 690. The summed E-state index contributed by atoms with van der Waals surface area (Å²) in [5.74, 6) is 1.01. The van der Waals surface area contributed by atoms with Crippen LogP contribution in [0.4, 0.5) is 5.82 Å². The third-order valence-corrected chi connectivity index (χ3v) is 4.19. The van der Waals surface area contributed by atoms with Crippen molar-refractivity contribution < 1.29 is 14.4 Å². The molecule has 1 aliphatic heterocycles. The second kappa shape index (κ2) is 5.40. The van der Waals surface area contributed by atoms with Crippen LogP contribution in [-0.2, 0) is 5.41 Å². The van der Waals surface area contributed by atoms with Crippen LogP contribution in [0.5, 0.6) is 0 Å². The number of carbonyl (C=O) groups is 1. The molecule has 1 N–H and O–H groups in total. The molecule has 22 heavy (non-hydrogen) atoms. The molecule has 0 aliphatic carbocycles. The average Bonchev–Trinajstić information content (AvgIpc) is 2.95. The minimum absolute atomic E-state index is 0.0679. The molecule has 0 aromatic carbocycles. The molecule has 0 atom stereocenters. The fourth-order valence-corrected chi connectivity index (χ4v) is 2.70. The number of nitrogens with zero attached hydrogens (tertiary/aromatic N) is 4. The lowest BCUT2D eigenvalue weighted by molar-refractivity contribution is 0.0690. The summed E-state index contributed by atoms with van der Waals surface area (Å²) in [6, 6.07) is 5.06. The number of aromatic nitrogens is 3. The largest absolute Gasteiger partial charge is 0.477 e. The van der Waals surface area contributed by atoms with Crippen LogP contribution in [0, 0.1) is 6.92 Å². The smallest absolute Gasteiger partial charge is 0.354 e. The lowest BCUT2D eigenvalue weighted by Gasteiger charge is -2.37. The molecule has 0 saturated carbocycles. The minimum atomic E-state index is -1.01. The Hall–Kier alpha value is -2.44. The van der Waals surface area contributed by atoms with Gasteiger partial charge >= 0.3 is 5.97 Å². The van der Waals surface area contributed by atoms with Crippen molar-refractivity contribution in [3.63, 3.8) is 0 Å². The highest BCUT2D eigenvalue weighted by Gasteiger charge is 2.37. The van der Waals surface area contributed by atoms with E-state index >= 15 is 0 Å². The standard InChI is InChI=1S/C15H18N4O3/c1-10-16-14(22-18-10)15(2)6-8-19(9-7-15)12-5-3-4-11(17-12)13(20)21/h3-5H,6-9H2,1-2H3,(H,20,21). The quantitative estimate of drug-likeness (QED) is 0.927. The van der Waals surface area contributed by atoms with E-state index in [1.165, 1.54) is 6.07 Å². The van der Waals surface area contributed by atoms with Crippen molar-refractivity contribution in [2.45, 2.75) is 32.1 Å². The van der Waals surface area contributed by atoms with E-state index in [2.05, 4.69) is 26.9 Å². The normalized spacial score (nSPS) is 17.5. The first-order valence-electron chi connectivity index (χ1n) is 7.24. The summed E-state index contributed by atoms with van der Waals surface area (Å²) in [7, 11) is 0. The Morgan fingerprint density at radius 1 is 1.32 bits per heavy atom. The van der Waals surface area contributed by atoms with E-state index in [4.69, 9.17) is 9.63 Å². The molecule has 0 unspecified atom stereocenters. The molecule has 0 bridgehead atoms. The molecular weight excluding hydrogens is 284 g/mol. The van der Waals surface area contributed by atoms with Crippen molar-refractivity contribution in [1.29, 1.82) is 0 Å². The highest BCUT2D eigenvalue weighted by atomic mass is 16.5. The SMILES string of the molecule is Cc1noc(C2(C)CCN(c3cccc(C(=O)O)n3)CC2)n1. The van der Waals surface area contributed by atoms with Crippen molar-refractivity contribution >= 4 is 11.8 Å². The van der Waals surface area contributed by atoms with Gasteiger partial charge in [-0.15, -0.1) is 0 Å².